The molecule has 3 saturated carbocycles. The Labute approximate surface area is 120 Å². The topological polar surface area (TPSA) is 41.6 Å². The fraction of sp³-hybridized carbons (Fsp3) is 0.588. The van der Waals surface area contributed by atoms with Crippen molar-refractivity contribution in [1.29, 1.82) is 0 Å². The molecule has 3 aliphatic carbocycles. The van der Waals surface area contributed by atoms with Gasteiger partial charge in [0.15, 0.2) is 5.96 Å². The standard InChI is InChI=1S/C17H23N3/c18-16-19-12-17(10-13-6-8-15(17)9-7-13)20(16)11-14-4-2-1-3-5-14/h1-5,13,15H,6-12H2,(H2,18,19). The predicted octanol–water partition coefficient (Wildman–Crippen LogP) is 2.77. The first kappa shape index (κ1) is 12.2. The third-order valence-corrected chi connectivity index (χ3v) is 5.76. The number of nitrogens with two attached hydrogens (primary N) is 1. The molecule has 1 aliphatic heterocycles. The zero-order valence-electron chi connectivity index (χ0n) is 12.0. The summed E-state index contributed by atoms with van der Waals surface area (Å²) in [5.74, 6) is 2.46. The summed E-state index contributed by atoms with van der Waals surface area (Å²) in [6, 6.07) is 10.7. The van der Waals surface area contributed by atoms with Crippen molar-refractivity contribution in [1.82, 2.24) is 4.90 Å². The smallest absolute Gasteiger partial charge is 0.192 e. The van der Waals surface area contributed by atoms with E-state index in [1.165, 1.54) is 37.7 Å². The summed E-state index contributed by atoms with van der Waals surface area (Å²) in [7, 11) is 0. The summed E-state index contributed by atoms with van der Waals surface area (Å²) < 4.78 is 0. The van der Waals surface area contributed by atoms with Gasteiger partial charge in [0.05, 0.1) is 12.1 Å². The molecule has 2 N–H and O–H groups in total. The Hall–Kier alpha value is -1.51. The number of fused-ring (bicyclic) bond motifs is 2. The summed E-state index contributed by atoms with van der Waals surface area (Å²) in [6.07, 6.45) is 6.89. The second kappa shape index (κ2) is 4.51. The van der Waals surface area contributed by atoms with Gasteiger partial charge in [0.1, 0.15) is 0 Å². The van der Waals surface area contributed by atoms with Gasteiger partial charge in [-0.1, -0.05) is 43.2 Å². The van der Waals surface area contributed by atoms with Crippen LogP contribution in [0.2, 0.25) is 0 Å². The van der Waals surface area contributed by atoms with Gasteiger partial charge in [0.25, 0.3) is 0 Å². The molecule has 0 radical (unpaired) electrons. The Balaban J connectivity index is 1.64. The van der Waals surface area contributed by atoms with E-state index in [2.05, 4.69) is 40.2 Å². The number of hydrogen-bond acceptors (Lipinski definition) is 3. The predicted molar refractivity (Wildman–Crippen MR) is 81.3 cm³/mol. The van der Waals surface area contributed by atoms with Gasteiger partial charge in [0.2, 0.25) is 0 Å². The van der Waals surface area contributed by atoms with Crippen LogP contribution in [0.3, 0.4) is 0 Å². The summed E-state index contributed by atoms with van der Waals surface area (Å²) in [6.45, 7) is 1.84. The van der Waals surface area contributed by atoms with Crippen LogP contribution in [0.1, 0.15) is 37.7 Å². The van der Waals surface area contributed by atoms with Gasteiger partial charge >= 0.3 is 0 Å². The van der Waals surface area contributed by atoms with Crippen LogP contribution < -0.4 is 5.73 Å². The number of nitrogens with zero attached hydrogens (tertiary/aromatic N) is 2. The van der Waals surface area contributed by atoms with E-state index in [0.29, 0.717) is 0 Å². The zero-order chi connectivity index (χ0) is 13.6. The van der Waals surface area contributed by atoms with E-state index >= 15 is 0 Å². The van der Waals surface area contributed by atoms with Crippen LogP contribution in [0.15, 0.2) is 35.3 Å². The van der Waals surface area contributed by atoms with E-state index < -0.39 is 0 Å². The minimum atomic E-state index is 0.237. The molecule has 106 valence electrons. The monoisotopic (exact) mass is 269 g/mol. The van der Waals surface area contributed by atoms with Gasteiger partial charge in [-0.25, -0.2) is 0 Å². The number of benzene rings is 1. The van der Waals surface area contributed by atoms with Gasteiger partial charge in [0, 0.05) is 6.54 Å². The van der Waals surface area contributed by atoms with E-state index in [9.17, 15) is 0 Å². The van der Waals surface area contributed by atoms with Crippen molar-refractivity contribution in [2.75, 3.05) is 6.54 Å². The van der Waals surface area contributed by atoms with Crippen molar-refractivity contribution in [3.63, 3.8) is 0 Å². The van der Waals surface area contributed by atoms with E-state index in [-0.39, 0.29) is 5.54 Å². The third kappa shape index (κ3) is 1.75. The van der Waals surface area contributed by atoms with Crippen LogP contribution in [-0.2, 0) is 6.54 Å². The number of hydrogen-bond donors (Lipinski definition) is 1. The molecule has 1 aromatic rings. The maximum absolute atomic E-state index is 6.24. The Morgan fingerprint density at radius 1 is 1.15 bits per heavy atom. The molecular weight excluding hydrogens is 246 g/mol. The Morgan fingerprint density at radius 2 is 1.90 bits per heavy atom. The minimum absolute atomic E-state index is 0.237. The average molecular weight is 269 g/mol. The highest BCUT2D eigenvalue weighted by molar-refractivity contribution is 5.81. The first-order valence-electron chi connectivity index (χ1n) is 7.89. The maximum atomic E-state index is 6.24. The maximum Gasteiger partial charge on any atom is 0.192 e. The van der Waals surface area contributed by atoms with E-state index in [1.54, 1.807) is 0 Å². The molecule has 1 spiro atoms. The highest BCUT2D eigenvalue weighted by Crippen LogP contribution is 2.52. The number of aliphatic imine (C=N–C) groups is 1. The highest BCUT2D eigenvalue weighted by Gasteiger charge is 2.53. The van der Waals surface area contributed by atoms with Crippen molar-refractivity contribution in [2.24, 2.45) is 22.6 Å². The van der Waals surface area contributed by atoms with E-state index in [4.69, 9.17) is 5.73 Å². The highest BCUT2D eigenvalue weighted by atomic mass is 15.4. The molecule has 3 heteroatoms. The molecule has 1 aromatic carbocycles. The molecule has 5 rings (SSSR count). The SMILES string of the molecule is NC1=NCC2(CC3CCC2CC3)N1Cc1ccccc1. The Bertz CT molecular complexity index is 516. The fourth-order valence-corrected chi connectivity index (χ4v) is 4.72. The molecule has 1 heterocycles. The van der Waals surface area contributed by atoms with E-state index in [1.807, 2.05) is 0 Å². The summed E-state index contributed by atoms with van der Waals surface area (Å²) >= 11 is 0. The molecule has 20 heavy (non-hydrogen) atoms. The van der Waals surface area contributed by atoms with Crippen LogP contribution in [0.25, 0.3) is 0 Å². The van der Waals surface area contributed by atoms with Crippen LogP contribution >= 0.6 is 0 Å². The molecule has 3 fully saturated rings. The summed E-state index contributed by atoms with van der Waals surface area (Å²) in [5.41, 5.74) is 7.82. The second-order valence-corrected chi connectivity index (χ2v) is 6.77. The molecule has 0 amide bonds. The van der Waals surface area contributed by atoms with Gasteiger partial charge in [-0.2, -0.15) is 0 Å². The number of rotatable bonds is 2. The quantitative estimate of drug-likeness (QED) is 0.897. The van der Waals surface area contributed by atoms with Crippen LogP contribution in [0.5, 0.6) is 0 Å². The Kier molecular flexibility index (Phi) is 2.76. The van der Waals surface area contributed by atoms with Crippen molar-refractivity contribution in [3.05, 3.63) is 35.9 Å². The van der Waals surface area contributed by atoms with E-state index in [0.717, 1.165) is 30.9 Å². The van der Waals surface area contributed by atoms with Gasteiger partial charge in [-0.05, 0) is 36.7 Å². The molecule has 2 bridgehead atoms. The molecule has 1 atom stereocenters. The first-order valence-corrected chi connectivity index (χ1v) is 7.89. The minimum Gasteiger partial charge on any atom is -0.370 e. The number of guanidine groups is 1. The molecule has 3 nitrogen and oxygen atoms in total. The molecule has 1 unspecified atom stereocenters. The lowest BCUT2D eigenvalue weighted by Gasteiger charge is -2.54. The van der Waals surface area contributed by atoms with Crippen LogP contribution in [0.4, 0.5) is 0 Å². The zero-order valence-corrected chi connectivity index (χ0v) is 12.0. The van der Waals surface area contributed by atoms with Crippen LogP contribution in [-0.4, -0.2) is 22.9 Å². The first-order chi connectivity index (χ1) is 9.78. The Morgan fingerprint density at radius 3 is 2.55 bits per heavy atom. The summed E-state index contributed by atoms with van der Waals surface area (Å²) in [5, 5.41) is 0. The van der Waals surface area contributed by atoms with Crippen molar-refractivity contribution in [2.45, 2.75) is 44.2 Å². The fourth-order valence-electron chi connectivity index (χ4n) is 4.72. The van der Waals surface area contributed by atoms with Gasteiger partial charge in [-0.15, -0.1) is 0 Å². The van der Waals surface area contributed by atoms with Crippen molar-refractivity contribution >= 4 is 5.96 Å². The lowest BCUT2D eigenvalue weighted by molar-refractivity contribution is -0.00576. The summed E-state index contributed by atoms with van der Waals surface area (Å²) in [4.78, 5) is 7.06. The lowest BCUT2D eigenvalue weighted by atomic mass is 9.60. The molecule has 0 aromatic heterocycles. The second-order valence-electron chi connectivity index (χ2n) is 6.77. The molecular formula is C17H23N3. The van der Waals surface area contributed by atoms with Crippen molar-refractivity contribution in [3.8, 4) is 0 Å². The van der Waals surface area contributed by atoms with Gasteiger partial charge < -0.3 is 10.6 Å². The van der Waals surface area contributed by atoms with Crippen molar-refractivity contribution < 1.29 is 0 Å². The largest absolute Gasteiger partial charge is 0.370 e. The van der Waals surface area contributed by atoms with Gasteiger partial charge in [-0.3, -0.25) is 4.99 Å². The van der Waals surface area contributed by atoms with Crippen LogP contribution in [0, 0.1) is 11.8 Å². The third-order valence-electron chi connectivity index (χ3n) is 5.76. The molecule has 0 saturated heterocycles. The normalized spacial score (nSPS) is 35.6. The average Bonchev–Trinajstić information content (AvgIpc) is 2.79. The molecule has 4 aliphatic rings. The lowest BCUT2D eigenvalue weighted by Crippen LogP contribution is -2.60.